The van der Waals surface area contributed by atoms with Gasteiger partial charge in [-0.15, -0.1) is 0 Å². The molecule has 36 heavy (non-hydrogen) atoms. The number of nitrogens with zero attached hydrogens (tertiary/aromatic N) is 2. The van der Waals surface area contributed by atoms with Crippen LogP contribution in [0.1, 0.15) is 36.6 Å². The third-order valence-corrected chi connectivity index (χ3v) is 6.42. The molecule has 3 aromatic rings. The largest absolute Gasteiger partial charge is 0.507 e. The van der Waals surface area contributed by atoms with Crippen LogP contribution >= 0.6 is 15.9 Å². The summed E-state index contributed by atoms with van der Waals surface area (Å²) in [6, 6.07) is 15.1. The molecule has 0 aliphatic carbocycles. The number of Topliss-reactive ketones (excluding diaryl/α,β-unsaturated/α-hetero) is 1. The van der Waals surface area contributed by atoms with E-state index in [-0.39, 0.29) is 17.9 Å². The van der Waals surface area contributed by atoms with E-state index < -0.39 is 17.7 Å². The lowest BCUT2D eigenvalue weighted by atomic mass is 9.95. The predicted octanol–water partition coefficient (Wildman–Crippen LogP) is 5.51. The Hall–Kier alpha value is -3.65. The highest BCUT2D eigenvalue weighted by Crippen LogP contribution is 2.41. The van der Waals surface area contributed by atoms with Gasteiger partial charge in [0, 0.05) is 24.5 Å². The maximum Gasteiger partial charge on any atom is 0.295 e. The predicted molar refractivity (Wildman–Crippen MR) is 140 cm³/mol. The van der Waals surface area contributed by atoms with E-state index in [1.165, 1.54) is 12.0 Å². The topological polar surface area (TPSA) is 89.0 Å². The maximum atomic E-state index is 13.3. The van der Waals surface area contributed by atoms with Crippen molar-refractivity contribution < 1.29 is 24.2 Å². The van der Waals surface area contributed by atoms with Crippen molar-refractivity contribution in [3.05, 3.63) is 93.7 Å². The van der Waals surface area contributed by atoms with E-state index in [2.05, 4.69) is 34.8 Å². The molecule has 2 aromatic carbocycles. The number of halogens is 1. The number of hydrogen-bond acceptors (Lipinski definition) is 6. The van der Waals surface area contributed by atoms with E-state index in [0.29, 0.717) is 39.6 Å². The van der Waals surface area contributed by atoms with Gasteiger partial charge in [-0.05, 0) is 69.4 Å². The second-order valence-corrected chi connectivity index (χ2v) is 9.77. The molecule has 1 aromatic heterocycles. The van der Waals surface area contributed by atoms with Crippen LogP contribution in [-0.2, 0) is 16.1 Å². The minimum absolute atomic E-state index is 0.0157. The molecule has 1 atom stereocenters. The van der Waals surface area contributed by atoms with Gasteiger partial charge in [-0.2, -0.15) is 0 Å². The zero-order valence-corrected chi connectivity index (χ0v) is 21.9. The number of hydrogen-bond donors (Lipinski definition) is 1. The molecule has 1 saturated heterocycles. The third-order valence-electron chi connectivity index (χ3n) is 5.80. The average Bonchev–Trinajstić information content (AvgIpc) is 3.12. The fourth-order valence-corrected chi connectivity index (χ4v) is 4.63. The Bertz CT molecular complexity index is 1310. The second kappa shape index (κ2) is 11.0. The normalized spacial score (nSPS) is 17.0. The number of ether oxygens (including phenoxy) is 2. The van der Waals surface area contributed by atoms with Crippen LogP contribution in [0.2, 0.25) is 0 Å². The van der Waals surface area contributed by atoms with Gasteiger partial charge in [0.2, 0.25) is 0 Å². The third kappa shape index (κ3) is 5.28. The first-order chi connectivity index (χ1) is 17.3. The van der Waals surface area contributed by atoms with E-state index in [1.807, 2.05) is 30.3 Å². The summed E-state index contributed by atoms with van der Waals surface area (Å²) in [6.07, 6.45) is 3.30. The number of ketones is 1. The van der Waals surface area contributed by atoms with Gasteiger partial charge in [-0.1, -0.05) is 32.0 Å². The summed E-state index contributed by atoms with van der Waals surface area (Å²) < 4.78 is 11.8. The van der Waals surface area contributed by atoms with E-state index in [4.69, 9.17) is 9.47 Å². The molecule has 1 amide bonds. The van der Waals surface area contributed by atoms with Gasteiger partial charge in [0.1, 0.15) is 17.3 Å². The van der Waals surface area contributed by atoms with Gasteiger partial charge < -0.3 is 19.5 Å². The van der Waals surface area contributed by atoms with Crippen molar-refractivity contribution in [2.45, 2.75) is 26.4 Å². The first kappa shape index (κ1) is 25.4. The quantitative estimate of drug-likeness (QED) is 0.226. The first-order valence-electron chi connectivity index (χ1n) is 11.5. The van der Waals surface area contributed by atoms with Crippen LogP contribution in [0.5, 0.6) is 11.5 Å². The Morgan fingerprint density at radius 3 is 2.61 bits per heavy atom. The lowest BCUT2D eigenvalue weighted by Crippen LogP contribution is -2.29. The number of aliphatic hydroxyl groups is 1. The first-order valence-corrected chi connectivity index (χ1v) is 12.3. The Balaban J connectivity index is 1.84. The van der Waals surface area contributed by atoms with Crippen LogP contribution < -0.4 is 9.47 Å². The minimum Gasteiger partial charge on any atom is -0.507 e. The molecule has 1 N–H and O–H groups in total. The van der Waals surface area contributed by atoms with Crippen LogP contribution in [-0.4, -0.2) is 40.4 Å². The van der Waals surface area contributed by atoms with Crippen LogP contribution in [0, 0.1) is 5.92 Å². The van der Waals surface area contributed by atoms with Gasteiger partial charge in [-0.25, -0.2) is 0 Å². The number of benzene rings is 2. The summed E-state index contributed by atoms with van der Waals surface area (Å²) in [7, 11) is 1.54. The number of pyridine rings is 1. The molecule has 1 aliphatic heterocycles. The van der Waals surface area contributed by atoms with Crippen molar-refractivity contribution in [3.63, 3.8) is 0 Å². The van der Waals surface area contributed by atoms with Crippen molar-refractivity contribution >= 4 is 33.4 Å². The standard InChI is InChI=1S/C28H27BrN2O5/c1-17(2)16-36-21-8-4-7-19(12-21)25-24(26(32)20-9-10-23(35-3)22(29)13-20)27(33)28(34)31(25)15-18-6-5-11-30-14-18/h4-14,17,25,32H,15-16H2,1-3H3/b26-24+. The number of aliphatic hydroxyl groups excluding tert-OH is 1. The van der Waals surface area contributed by atoms with Gasteiger partial charge in [0.25, 0.3) is 11.7 Å². The molecular formula is C28H27BrN2O5. The summed E-state index contributed by atoms with van der Waals surface area (Å²) in [4.78, 5) is 32.2. The highest BCUT2D eigenvalue weighted by molar-refractivity contribution is 9.10. The molecule has 7 nitrogen and oxygen atoms in total. The maximum absolute atomic E-state index is 13.3. The van der Waals surface area contributed by atoms with Gasteiger partial charge in [0.05, 0.1) is 29.8 Å². The Kier molecular flexibility index (Phi) is 7.74. The van der Waals surface area contributed by atoms with E-state index in [9.17, 15) is 14.7 Å². The van der Waals surface area contributed by atoms with Gasteiger partial charge in [-0.3, -0.25) is 14.6 Å². The van der Waals surface area contributed by atoms with Gasteiger partial charge >= 0.3 is 0 Å². The molecule has 186 valence electrons. The van der Waals surface area contributed by atoms with E-state index in [0.717, 1.165) is 5.56 Å². The summed E-state index contributed by atoms with van der Waals surface area (Å²) in [5.41, 5.74) is 1.83. The Morgan fingerprint density at radius 1 is 1.14 bits per heavy atom. The molecule has 0 bridgehead atoms. The number of rotatable bonds is 8. The van der Waals surface area contributed by atoms with Crippen LogP contribution in [0.3, 0.4) is 0 Å². The highest BCUT2D eigenvalue weighted by atomic mass is 79.9. The zero-order valence-electron chi connectivity index (χ0n) is 20.3. The lowest BCUT2D eigenvalue weighted by molar-refractivity contribution is -0.140. The van der Waals surface area contributed by atoms with Crippen LogP contribution in [0.25, 0.3) is 5.76 Å². The van der Waals surface area contributed by atoms with Crippen molar-refractivity contribution in [1.29, 1.82) is 0 Å². The van der Waals surface area contributed by atoms with Crippen LogP contribution in [0.15, 0.2) is 77.0 Å². The fraction of sp³-hybridized carbons (Fsp3) is 0.250. The summed E-state index contributed by atoms with van der Waals surface area (Å²) in [5, 5.41) is 11.3. The average molecular weight is 551 g/mol. The molecule has 4 rings (SSSR count). The van der Waals surface area contributed by atoms with Crippen molar-refractivity contribution in [1.82, 2.24) is 9.88 Å². The van der Waals surface area contributed by atoms with Crippen molar-refractivity contribution in [2.75, 3.05) is 13.7 Å². The van der Waals surface area contributed by atoms with Crippen molar-refractivity contribution in [3.8, 4) is 11.5 Å². The molecule has 0 radical (unpaired) electrons. The monoisotopic (exact) mass is 550 g/mol. The molecular weight excluding hydrogens is 524 g/mol. The summed E-state index contributed by atoms with van der Waals surface area (Å²) in [6.45, 7) is 4.79. The number of methoxy groups -OCH3 is 1. The molecule has 0 saturated carbocycles. The second-order valence-electron chi connectivity index (χ2n) is 8.91. The molecule has 8 heteroatoms. The Morgan fingerprint density at radius 2 is 1.94 bits per heavy atom. The van der Waals surface area contributed by atoms with Gasteiger partial charge in [0.15, 0.2) is 0 Å². The molecule has 1 fully saturated rings. The summed E-state index contributed by atoms with van der Waals surface area (Å²) >= 11 is 3.42. The molecule has 1 unspecified atom stereocenters. The molecule has 1 aliphatic rings. The smallest absolute Gasteiger partial charge is 0.295 e. The van der Waals surface area contributed by atoms with E-state index in [1.54, 1.807) is 36.7 Å². The fourth-order valence-electron chi connectivity index (χ4n) is 4.08. The van der Waals surface area contributed by atoms with Crippen molar-refractivity contribution in [2.24, 2.45) is 5.92 Å². The Labute approximate surface area is 218 Å². The van der Waals surface area contributed by atoms with E-state index >= 15 is 0 Å². The summed E-state index contributed by atoms with van der Waals surface area (Å²) in [5.74, 6) is -0.161. The number of carbonyl (C=O) groups excluding carboxylic acids is 2. The number of amides is 1. The number of carbonyl (C=O) groups is 2. The molecule has 0 spiro atoms. The lowest BCUT2D eigenvalue weighted by Gasteiger charge is -2.26. The zero-order chi connectivity index (χ0) is 25.8. The number of aromatic nitrogens is 1. The highest BCUT2D eigenvalue weighted by Gasteiger charge is 2.46. The van der Waals surface area contributed by atoms with Crippen LogP contribution in [0.4, 0.5) is 0 Å². The minimum atomic E-state index is -0.811. The molecule has 2 heterocycles. The SMILES string of the molecule is COc1ccc(/C(O)=C2\C(=O)C(=O)N(Cc3cccnc3)C2c2cccc(OCC(C)C)c2)cc1Br. The number of likely N-dealkylation sites (tertiary alicyclic amines) is 1.